The largest absolute Gasteiger partial charge is 0.417 e. The van der Waals surface area contributed by atoms with Gasteiger partial charge < -0.3 is 5.73 Å². The van der Waals surface area contributed by atoms with Crippen LogP contribution in [0.3, 0.4) is 0 Å². The second-order valence-electron chi connectivity index (χ2n) is 2.60. The number of alkyl halides is 3. The maximum Gasteiger partial charge on any atom is 0.417 e. The second-order valence-corrected chi connectivity index (χ2v) is 2.60. The number of nitrogens with two attached hydrogens (primary N) is 1. The molecule has 0 spiro atoms. The van der Waals surface area contributed by atoms with Crippen LogP contribution in [-0.4, -0.2) is 5.84 Å². The number of benzene rings is 1. The van der Waals surface area contributed by atoms with E-state index in [1.165, 1.54) is 0 Å². The van der Waals surface area contributed by atoms with Crippen molar-refractivity contribution in [2.24, 2.45) is 5.73 Å². The topological polar surface area (TPSA) is 49.9 Å². The van der Waals surface area contributed by atoms with Crippen molar-refractivity contribution in [3.63, 3.8) is 0 Å². The lowest BCUT2D eigenvalue weighted by Gasteiger charge is -2.11. The van der Waals surface area contributed by atoms with Gasteiger partial charge >= 0.3 is 6.18 Å². The van der Waals surface area contributed by atoms with Gasteiger partial charge in [0.1, 0.15) is 11.7 Å². The number of nitrogen functional groups attached to an aromatic ring is 1. The first-order chi connectivity index (χ1) is 6.32. The fraction of sp³-hybridized carbons (Fsp3) is 0.125. The summed E-state index contributed by atoms with van der Waals surface area (Å²) in [4.78, 5) is 0. The third-order valence-electron chi connectivity index (χ3n) is 1.58. The lowest BCUT2D eigenvalue weighted by atomic mass is 10.1. The molecular weight excluding hydrogens is 200 g/mol. The lowest BCUT2D eigenvalue weighted by molar-refractivity contribution is -0.137. The van der Waals surface area contributed by atoms with Crippen LogP contribution >= 0.6 is 0 Å². The fourth-order valence-electron chi connectivity index (χ4n) is 0.987. The molecule has 6 heteroatoms. The molecular formula is C8H6F4N2. The molecule has 3 N–H and O–H groups in total. The first-order valence-electron chi connectivity index (χ1n) is 3.53. The molecule has 0 amide bonds. The molecule has 1 aromatic carbocycles. The third kappa shape index (κ3) is 2.01. The number of hydrogen-bond acceptors (Lipinski definition) is 1. The summed E-state index contributed by atoms with van der Waals surface area (Å²) in [7, 11) is 0. The Labute approximate surface area is 76.8 Å². The van der Waals surface area contributed by atoms with E-state index in [2.05, 4.69) is 0 Å². The van der Waals surface area contributed by atoms with E-state index in [0.717, 1.165) is 0 Å². The maximum absolute atomic E-state index is 12.6. The minimum atomic E-state index is -4.63. The van der Waals surface area contributed by atoms with E-state index in [1.807, 2.05) is 0 Å². The van der Waals surface area contributed by atoms with E-state index in [9.17, 15) is 17.6 Å². The first kappa shape index (κ1) is 10.5. The molecule has 0 atom stereocenters. The maximum atomic E-state index is 12.6. The van der Waals surface area contributed by atoms with Crippen molar-refractivity contribution in [3.8, 4) is 0 Å². The highest BCUT2D eigenvalue weighted by atomic mass is 19.4. The van der Waals surface area contributed by atoms with Gasteiger partial charge in [0.05, 0.1) is 5.56 Å². The minimum Gasteiger partial charge on any atom is -0.384 e. The predicted molar refractivity (Wildman–Crippen MR) is 42.4 cm³/mol. The van der Waals surface area contributed by atoms with Gasteiger partial charge in [0, 0.05) is 5.56 Å². The quantitative estimate of drug-likeness (QED) is 0.412. The highest BCUT2D eigenvalue weighted by Crippen LogP contribution is 2.31. The summed E-state index contributed by atoms with van der Waals surface area (Å²) in [5.41, 5.74) is 3.15. The van der Waals surface area contributed by atoms with E-state index in [4.69, 9.17) is 11.1 Å². The molecule has 0 aliphatic rings. The van der Waals surface area contributed by atoms with Crippen LogP contribution in [0, 0.1) is 11.2 Å². The van der Waals surface area contributed by atoms with Crippen LogP contribution in [0.4, 0.5) is 17.6 Å². The molecule has 0 bridgehead atoms. The second kappa shape index (κ2) is 3.28. The summed E-state index contributed by atoms with van der Waals surface area (Å²) in [6.45, 7) is 0. The van der Waals surface area contributed by atoms with Crippen LogP contribution < -0.4 is 5.73 Å². The van der Waals surface area contributed by atoms with Crippen molar-refractivity contribution < 1.29 is 17.6 Å². The number of hydrogen-bond donors (Lipinski definition) is 2. The van der Waals surface area contributed by atoms with Gasteiger partial charge in [0.2, 0.25) is 0 Å². The van der Waals surface area contributed by atoms with E-state index in [1.54, 1.807) is 0 Å². The van der Waals surface area contributed by atoms with Crippen molar-refractivity contribution in [1.82, 2.24) is 0 Å². The molecule has 1 aromatic rings. The zero-order chi connectivity index (χ0) is 10.9. The first-order valence-corrected chi connectivity index (χ1v) is 3.53. The van der Waals surface area contributed by atoms with Gasteiger partial charge in [-0.3, -0.25) is 5.41 Å². The summed E-state index contributed by atoms with van der Waals surface area (Å²) >= 11 is 0. The van der Waals surface area contributed by atoms with E-state index in [0.29, 0.717) is 18.2 Å². The Bertz CT molecular complexity index is 370. The Balaban J connectivity index is 3.37. The molecule has 1 rings (SSSR count). The summed E-state index contributed by atoms with van der Waals surface area (Å²) in [5.74, 6) is -1.67. The SMILES string of the molecule is N=C(N)c1cc(F)ccc1C(F)(F)F. The lowest BCUT2D eigenvalue weighted by Crippen LogP contribution is -2.19. The van der Waals surface area contributed by atoms with Gasteiger partial charge in [-0.25, -0.2) is 4.39 Å². The molecule has 0 radical (unpaired) electrons. The Morgan fingerprint density at radius 2 is 1.86 bits per heavy atom. The third-order valence-corrected chi connectivity index (χ3v) is 1.58. The van der Waals surface area contributed by atoms with Crippen LogP contribution in [-0.2, 0) is 6.18 Å². The van der Waals surface area contributed by atoms with E-state index >= 15 is 0 Å². The summed E-state index contributed by atoms with van der Waals surface area (Å²) in [6.07, 6.45) is -4.63. The Kier molecular flexibility index (Phi) is 2.46. The molecule has 0 aliphatic carbocycles. The number of halogens is 4. The van der Waals surface area contributed by atoms with Crippen LogP contribution in [0.1, 0.15) is 11.1 Å². The van der Waals surface area contributed by atoms with Gasteiger partial charge in [-0.2, -0.15) is 13.2 Å². The summed E-state index contributed by atoms with van der Waals surface area (Å²) < 4.78 is 49.4. The number of rotatable bonds is 1. The van der Waals surface area contributed by atoms with E-state index in [-0.39, 0.29) is 0 Å². The Morgan fingerprint density at radius 1 is 1.29 bits per heavy atom. The molecule has 0 saturated carbocycles. The van der Waals surface area contributed by atoms with Crippen LogP contribution in [0.2, 0.25) is 0 Å². The molecule has 0 heterocycles. The van der Waals surface area contributed by atoms with Crippen molar-refractivity contribution in [2.75, 3.05) is 0 Å². The van der Waals surface area contributed by atoms with Crippen LogP contribution in [0.15, 0.2) is 18.2 Å². The van der Waals surface area contributed by atoms with Gasteiger partial charge in [-0.05, 0) is 18.2 Å². The number of nitrogens with one attached hydrogen (secondary N) is 1. The van der Waals surface area contributed by atoms with Gasteiger partial charge in [-0.15, -0.1) is 0 Å². The van der Waals surface area contributed by atoms with Crippen molar-refractivity contribution >= 4 is 5.84 Å². The molecule has 0 saturated heterocycles. The van der Waals surface area contributed by atoms with Gasteiger partial charge in [-0.1, -0.05) is 0 Å². The molecule has 14 heavy (non-hydrogen) atoms. The van der Waals surface area contributed by atoms with Gasteiger partial charge in [0.25, 0.3) is 0 Å². The normalized spacial score (nSPS) is 11.4. The Morgan fingerprint density at radius 3 is 2.29 bits per heavy atom. The smallest absolute Gasteiger partial charge is 0.384 e. The zero-order valence-corrected chi connectivity index (χ0v) is 6.82. The van der Waals surface area contributed by atoms with E-state index < -0.39 is 29.0 Å². The average molecular weight is 206 g/mol. The fourth-order valence-corrected chi connectivity index (χ4v) is 0.987. The monoisotopic (exact) mass is 206 g/mol. The van der Waals surface area contributed by atoms with Crippen molar-refractivity contribution in [1.29, 1.82) is 5.41 Å². The molecule has 2 nitrogen and oxygen atoms in total. The molecule has 0 aromatic heterocycles. The Hall–Kier alpha value is -1.59. The van der Waals surface area contributed by atoms with Crippen LogP contribution in [0.5, 0.6) is 0 Å². The molecule has 0 unspecified atom stereocenters. The van der Waals surface area contributed by atoms with Gasteiger partial charge in [0.15, 0.2) is 0 Å². The molecule has 76 valence electrons. The highest BCUT2D eigenvalue weighted by Gasteiger charge is 2.34. The predicted octanol–water partition coefficient (Wildman–Crippen LogP) is 2.13. The number of amidine groups is 1. The molecule has 0 aliphatic heterocycles. The highest BCUT2D eigenvalue weighted by molar-refractivity contribution is 5.96. The summed E-state index contributed by atoms with van der Waals surface area (Å²) in [6, 6.07) is 1.83. The standard InChI is InChI=1S/C8H6F4N2/c9-4-1-2-6(8(10,11)12)5(3-4)7(13)14/h1-3H,(H3,13,14). The molecule has 0 fully saturated rings. The van der Waals surface area contributed by atoms with Crippen molar-refractivity contribution in [3.05, 3.63) is 35.1 Å². The van der Waals surface area contributed by atoms with Crippen molar-refractivity contribution in [2.45, 2.75) is 6.18 Å². The van der Waals surface area contributed by atoms with Crippen LogP contribution in [0.25, 0.3) is 0 Å². The zero-order valence-electron chi connectivity index (χ0n) is 6.82. The minimum absolute atomic E-state index is 0.562. The average Bonchev–Trinajstić information content (AvgIpc) is 2.01. The summed E-state index contributed by atoms with van der Waals surface area (Å²) in [5, 5.41) is 6.86.